The minimum atomic E-state index is -1.02. The van der Waals surface area contributed by atoms with Crippen LogP contribution in [0.5, 0.6) is 0 Å². The van der Waals surface area contributed by atoms with Gasteiger partial charge in [-0.1, -0.05) is 0 Å². The molecule has 188 valence electrons. The highest BCUT2D eigenvalue weighted by Crippen LogP contribution is 2.01. The SMILES string of the molecule is CNC(=O)CNC(=O)CN1CCN(CC(=O)O)CCN(CC(=O)O)CCN(CC(=O)O)CC1. The number of rotatable bonds is 10. The van der Waals surface area contributed by atoms with E-state index in [-0.39, 0.29) is 44.5 Å². The van der Waals surface area contributed by atoms with Crippen LogP contribution in [0.4, 0.5) is 0 Å². The Kier molecular flexibility index (Phi) is 12.9. The fourth-order valence-electron chi connectivity index (χ4n) is 3.31. The first-order chi connectivity index (χ1) is 15.6. The first-order valence-corrected chi connectivity index (χ1v) is 10.6. The standard InChI is InChI=1S/C19H34N6O8/c1-20-15(26)10-21-16(27)11-22-2-4-23(12-17(28)29)6-8-25(14-19(32)33)9-7-24(5-3-22)13-18(30)31/h2-14H2,1H3,(H,20,26)(H,21,27)(H,28,29)(H,30,31)(H,32,33). The second kappa shape index (κ2) is 15.1. The van der Waals surface area contributed by atoms with Gasteiger partial charge in [0, 0.05) is 59.4 Å². The second-order valence-corrected chi connectivity index (χ2v) is 7.74. The number of aliphatic carboxylic acids is 3. The average molecular weight is 475 g/mol. The lowest BCUT2D eigenvalue weighted by Crippen LogP contribution is -2.50. The Hall–Kier alpha value is -2.81. The number of hydrogen-bond donors (Lipinski definition) is 5. The molecule has 0 radical (unpaired) electrons. The molecule has 0 unspecified atom stereocenters. The molecule has 0 spiro atoms. The zero-order chi connectivity index (χ0) is 24.8. The molecule has 1 heterocycles. The highest BCUT2D eigenvalue weighted by molar-refractivity contribution is 5.85. The summed E-state index contributed by atoms with van der Waals surface area (Å²) < 4.78 is 0. The van der Waals surface area contributed by atoms with Crippen LogP contribution in [0.15, 0.2) is 0 Å². The zero-order valence-electron chi connectivity index (χ0n) is 18.9. The number of carbonyl (C=O) groups is 5. The molecule has 1 aliphatic rings. The molecule has 0 aromatic carbocycles. The fourth-order valence-corrected chi connectivity index (χ4v) is 3.31. The Morgan fingerprint density at radius 3 is 1.15 bits per heavy atom. The number of carboxylic acid groups (broad SMARTS) is 3. The van der Waals surface area contributed by atoms with Crippen molar-refractivity contribution in [3.63, 3.8) is 0 Å². The van der Waals surface area contributed by atoms with Crippen LogP contribution in [0.3, 0.4) is 0 Å². The topological polar surface area (TPSA) is 183 Å². The molecule has 2 amide bonds. The lowest BCUT2D eigenvalue weighted by molar-refractivity contribution is -0.140. The highest BCUT2D eigenvalue weighted by Gasteiger charge is 2.21. The van der Waals surface area contributed by atoms with Crippen molar-refractivity contribution in [2.75, 3.05) is 92.1 Å². The Morgan fingerprint density at radius 1 is 0.576 bits per heavy atom. The number of likely N-dealkylation sites (N-methyl/N-ethyl adjacent to an activating group) is 1. The predicted octanol–water partition coefficient (Wildman–Crippen LogP) is -3.68. The smallest absolute Gasteiger partial charge is 0.317 e. The van der Waals surface area contributed by atoms with Crippen LogP contribution in [0, 0.1) is 0 Å². The van der Waals surface area contributed by atoms with Crippen LogP contribution < -0.4 is 10.6 Å². The molecule has 14 heteroatoms. The summed E-state index contributed by atoms with van der Waals surface area (Å²) in [4.78, 5) is 64.1. The molecule has 0 atom stereocenters. The number of amides is 2. The van der Waals surface area contributed by atoms with E-state index in [2.05, 4.69) is 10.6 Å². The normalized spacial score (nSPS) is 18.0. The van der Waals surface area contributed by atoms with Crippen molar-refractivity contribution in [3.8, 4) is 0 Å². The Bertz CT molecular complexity index is 659. The van der Waals surface area contributed by atoms with Crippen LogP contribution in [-0.2, 0) is 24.0 Å². The molecular formula is C19H34N6O8. The molecule has 0 saturated carbocycles. The van der Waals surface area contributed by atoms with Gasteiger partial charge in [0.15, 0.2) is 0 Å². The van der Waals surface area contributed by atoms with Gasteiger partial charge in [-0.05, 0) is 0 Å². The van der Waals surface area contributed by atoms with Gasteiger partial charge < -0.3 is 26.0 Å². The maximum absolute atomic E-state index is 12.3. The summed E-state index contributed by atoms with van der Waals surface area (Å²) in [6.07, 6.45) is 0. The lowest BCUT2D eigenvalue weighted by Gasteiger charge is -2.32. The zero-order valence-corrected chi connectivity index (χ0v) is 18.9. The molecule has 1 rings (SSSR count). The van der Waals surface area contributed by atoms with E-state index in [0.717, 1.165) is 0 Å². The van der Waals surface area contributed by atoms with E-state index >= 15 is 0 Å². The number of hydrogen-bond acceptors (Lipinski definition) is 9. The van der Waals surface area contributed by atoms with Crippen molar-refractivity contribution in [3.05, 3.63) is 0 Å². The van der Waals surface area contributed by atoms with Crippen molar-refractivity contribution in [1.82, 2.24) is 30.2 Å². The van der Waals surface area contributed by atoms with Gasteiger partial charge in [-0.15, -0.1) is 0 Å². The summed E-state index contributed by atoms with van der Waals surface area (Å²) in [5.41, 5.74) is 0. The summed E-state index contributed by atoms with van der Waals surface area (Å²) >= 11 is 0. The van der Waals surface area contributed by atoms with E-state index in [9.17, 15) is 34.2 Å². The van der Waals surface area contributed by atoms with E-state index in [1.165, 1.54) is 7.05 Å². The molecule has 0 aromatic heterocycles. The van der Waals surface area contributed by atoms with E-state index < -0.39 is 17.9 Å². The van der Waals surface area contributed by atoms with E-state index in [0.29, 0.717) is 52.4 Å². The first-order valence-electron chi connectivity index (χ1n) is 10.6. The Balaban J connectivity index is 2.91. The van der Waals surface area contributed by atoms with Crippen molar-refractivity contribution in [2.24, 2.45) is 0 Å². The number of nitrogens with one attached hydrogen (secondary N) is 2. The molecule has 1 fully saturated rings. The number of nitrogens with zero attached hydrogens (tertiary/aromatic N) is 4. The molecule has 1 aliphatic heterocycles. The second-order valence-electron chi connectivity index (χ2n) is 7.74. The maximum Gasteiger partial charge on any atom is 0.317 e. The summed E-state index contributed by atoms with van der Waals surface area (Å²) in [6.45, 7) is 1.59. The van der Waals surface area contributed by atoms with Gasteiger partial charge in [0.1, 0.15) is 0 Å². The van der Waals surface area contributed by atoms with Crippen molar-refractivity contribution in [1.29, 1.82) is 0 Å². The number of carbonyl (C=O) groups excluding carboxylic acids is 2. The van der Waals surface area contributed by atoms with Gasteiger partial charge in [-0.25, -0.2) is 0 Å². The van der Waals surface area contributed by atoms with Gasteiger partial charge >= 0.3 is 17.9 Å². The molecule has 0 aliphatic carbocycles. The summed E-state index contributed by atoms with van der Waals surface area (Å²) in [5, 5.41) is 32.5. The minimum absolute atomic E-state index is 0.0377. The molecule has 33 heavy (non-hydrogen) atoms. The lowest BCUT2D eigenvalue weighted by atomic mass is 10.3. The van der Waals surface area contributed by atoms with Crippen LogP contribution >= 0.6 is 0 Å². The van der Waals surface area contributed by atoms with E-state index in [1.807, 2.05) is 0 Å². The third-order valence-corrected chi connectivity index (χ3v) is 5.10. The molecular weight excluding hydrogens is 440 g/mol. The largest absolute Gasteiger partial charge is 0.480 e. The van der Waals surface area contributed by atoms with Crippen LogP contribution in [0.2, 0.25) is 0 Å². The van der Waals surface area contributed by atoms with Crippen molar-refractivity contribution >= 4 is 29.7 Å². The summed E-state index contributed by atoms with van der Waals surface area (Å²) in [7, 11) is 1.45. The Labute approximate surface area is 192 Å². The third-order valence-electron chi connectivity index (χ3n) is 5.10. The third kappa shape index (κ3) is 13.4. The molecule has 0 bridgehead atoms. The quantitative estimate of drug-likeness (QED) is 0.209. The fraction of sp³-hybridized carbons (Fsp3) is 0.737. The minimum Gasteiger partial charge on any atom is -0.480 e. The van der Waals surface area contributed by atoms with Crippen molar-refractivity contribution in [2.45, 2.75) is 0 Å². The predicted molar refractivity (Wildman–Crippen MR) is 116 cm³/mol. The van der Waals surface area contributed by atoms with Gasteiger partial charge in [0.2, 0.25) is 11.8 Å². The number of carboxylic acids is 3. The maximum atomic E-state index is 12.3. The summed E-state index contributed by atoms with van der Waals surface area (Å²) in [6, 6.07) is 0. The van der Waals surface area contributed by atoms with Crippen LogP contribution in [0.25, 0.3) is 0 Å². The molecule has 0 aromatic rings. The monoisotopic (exact) mass is 474 g/mol. The van der Waals surface area contributed by atoms with Gasteiger partial charge in [0.05, 0.1) is 32.7 Å². The molecule has 1 saturated heterocycles. The Morgan fingerprint density at radius 2 is 0.879 bits per heavy atom. The first kappa shape index (κ1) is 28.2. The van der Waals surface area contributed by atoms with E-state index in [4.69, 9.17) is 5.11 Å². The van der Waals surface area contributed by atoms with Gasteiger partial charge in [-0.2, -0.15) is 0 Å². The van der Waals surface area contributed by atoms with E-state index in [1.54, 1.807) is 19.6 Å². The van der Waals surface area contributed by atoms with Crippen molar-refractivity contribution < 1.29 is 39.3 Å². The molecule has 14 nitrogen and oxygen atoms in total. The highest BCUT2D eigenvalue weighted by atomic mass is 16.4. The summed E-state index contributed by atoms with van der Waals surface area (Å²) in [5.74, 6) is -3.79. The van der Waals surface area contributed by atoms with Crippen LogP contribution in [0.1, 0.15) is 0 Å². The average Bonchev–Trinajstić information content (AvgIpc) is 2.72. The van der Waals surface area contributed by atoms with Crippen LogP contribution in [-0.4, -0.2) is 157 Å². The molecule has 5 N–H and O–H groups in total. The van der Waals surface area contributed by atoms with Gasteiger partial charge in [-0.3, -0.25) is 43.6 Å². The van der Waals surface area contributed by atoms with Gasteiger partial charge in [0.25, 0.3) is 0 Å².